The number of fused-ring (bicyclic) bond motifs is 3. The molecule has 8 aromatic carbocycles. The van der Waals surface area contributed by atoms with Crippen molar-refractivity contribution in [2.45, 2.75) is 0 Å². The molecule has 248 valence electrons. The molecule has 0 aliphatic rings. The Balaban J connectivity index is 1.23. The summed E-state index contributed by atoms with van der Waals surface area (Å²) in [5.74, 6) is -0.242. The number of nitrogens with zero attached hydrogens (tertiary/aromatic N) is 2. The van der Waals surface area contributed by atoms with E-state index in [0.717, 1.165) is 44.6 Å². The average Bonchev–Trinajstić information content (AvgIpc) is 3.55. The number of rotatable bonds is 8. The predicted octanol–water partition coefficient (Wildman–Crippen LogP) is 9.77. The van der Waals surface area contributed by atoms with Gasteiger partial charge in [0.2, 0.25) is 0 Å². The Kier molecular flexibility index (Phi) is 8.26. The van der Waals surface area contributed by atoms with Crippen molar-refractivity contribution in [3.05, 3.63) is 218 Å². The van der Waals surface area contributed by atoms with Crippen molar-refractivity contribution in [1.29, 1.82) is 0 Å². The van der Waals surface area contributed by atoms with E-state index in [9.17, 15) is 4.39 Å². The molecule has 0 aliphatic heterocycles. The van der Waals surface area contributed by atoms with Crippen LogP contribution in [0.15, 0.2) is 212 Å². The van der Waals surface area contributed by atoms with Gasteiger partial charge in [0.15, 0.2) is 0 Å². The number of halogens is 1. The topological polar surface area (TPSA) is 8.17 Å². The molecule has 0 saturated heterocycles. The van der Waals surface area contributed by atoms with Crippen LogP contribution in [-0.4, -0.2) is 17.8 Å². The molecule has 52 heavy (non-hydrogen) atoms. The van der Waals surface area contributed by atoms with Gasteiger partial charge in [0.1, 0.15) is 5.82 Å². The summed E-state index contributed by atoms with van der Waals surface area (Å²) in [6.07, 6.45) is 0. The molecule has 0 unspecified atom stereocenters. The second kappa shape index (κ2) is 13.5. The number of anilines is 3. The summed E-state index contributed by atoms with van der Waals surface area (Å²) >= 11 is -3.41. The first-order chi connectivity index (χ1) is 25.7. The first kappa shape index (κ1) is 31.8. The molecule has 0 atom stereocenters. The fourth-order valence-electron chi connectivity index (χ4n) is 7.92. The number of benzene rings is 8. The van der Waals surface area contributed by atoms with Crippen molar-refractivity contribution in [3.8, 4) is 5.69 Å². The predicted molar refractivity (Wildman–Crippen MR) is 219 cm³/mol. The molecule has 0 fully saturated rings. The first-order valence-corrected chi connectivity index (χ1v) is 21.8. The number of para-hydroxylation sites is 2. The van der Waals surface area contributed by atoms with Gasteiger partial charge in [-0.25, -0.2) is 4.39 Å². The van der Waals surface area contributed by atoms with Gasteiger partial charge in [0, 0.05) is 0 Å². The molecule has 0 aliphatic carbocycles. The zero-order valence-electron chi connectivity index (χ0n) is 28.5. The maximum absolute atomic E-state index is 14.0. The van der Waals surface area contributed by atoms with Crippen LogP contribution in [0.5, 0.6) is 0 Å². The van der Waals surface area contributed by atoms with Crippen molar-refractivity contribution < 1.29 is 4.39 Å². The van der Waals surface area contributed by atoms with E-state index in [0.29, 0.717) is 0 Å². The van der Waals surface area contributed by atoms with Crippen LogP contribution in [-0.2, 0) is 0 Å². The van der Waals surface area contributed by atoms with Crippen LogP contribution in [0.1, 0.15) is 0 Å². The van der Waals surface area contributed by atoms with Crippen molar-refractivity contribution in [2.75, 3.05) is 4.90 Å². The third kappa shape index (κ3) is 5.42. The van der Waals surface area contributed by atoms with Crippen LogP contribution in [0.2, 0.25) is 0 Å². The van der Waals surface area contributed by atoms with Crippen LogP contribution in [0.4, 0.5) is 21.5 Å². The van der Waals surface area contributed by atoms with Gasteiger partial charge in [-0.05, 0) is 12.1 Å². The van der Waals surface area contributed by atoms with E-state index in [2.05, 4.69) is 198 Å². The summed E-state index contributed by atoms with van der Waals surface area (Å²) < 4.78 is 21.7. The summed E-state index contributed by atoms with van der Waals surface area (Å²) in [6.45, 7) is 0. The van der Waals surface area contributed by atoms with Gasteiger partial charge in [-0.1, -0.05) is 0 Å². The molecule has 9 rings (SSSR count). The van der Waals surface area contributed by atoms with Crippen LogP contribution < -0.4 is 22.5 Å². The van der Waals surface area contributed by atoms with Gasteiger partial charge < -0.3 is 0 Å². The quantitative estimate of drug-likeness (QED) is 0.141. The van der Waals surface area contributed by atoms with Crippen molar-refractivity contribution in [1.82, 2.24) is 4.57 Å². The molecule has 0 radical (unpaired) electrons. The normalized spacial score (nSPS) is 11.6. The second-order valence-corrected chi connectivity index (χ2v) is 21.1. The zero-order chi connectivity index (χ0) is 34.9. The Hall–Kier alpha value is -6.17. The molecular weight excluding hydrogens is 696 g/mol. The van der Waals surface area contributed by atoms with E-state index < -0.39 is 13.3 Å². The molecule has 9 aromatic rings. The third-order valence-electron chi connectivity index (χ3n) is 10.2. The Morgan fingerprint density at radius 1 is 0.365 bits per heavy atom. The standard InChI is InChI=1S/C48H35FGeN2/c49-36-25-29-43(30-26-36)52-47-24-14-13-23-45(47)46-35-44(33-34-48(46)52)51(41-21-11-4-12-22-41)42-31-27-40(28-32-42)50(37-15-5-1-6-16-37,38-17-7-2-8-18-38)39-19-9-3-10-20-39/h1-35H. The molecular formula is C48H35FGeN2. The molecule has 4 heteroatoms. The summed E-state index contributed by atoms with van der Waals surface area (Å²) in [5, 5.41) is 2.29. The average molecular weight is 731 g/mol. The maximum atomic E-state index is 14.0. The molecule has 2 nitrogen and oxygen atoms in total. The Morgan fingerprint density at radius 3 is 1.38 bits per heavy atom. The molecule has 0 amide bonds. The molecule has 0 bridgehead atoms. The van der Waals surface area contributed by atoms with E-state index in [1.807, 2.05) is 12.1 Å². The molecule has 0 spiro atoms. The van der Waals surface area contributed by atoms with Crippen molar-refractivity contribution in [3.63, 3.8) is 0 Å². The van der Waals surface area contributed by atoms with Crippen molar-refractivity contribution >= 4 is 69.7 Å². The Bertz CT molecular complexity index is 2510. The third-order valence-corrected chi connectivity index (χ3v) is 20.3. The van der Waals surface area contributed by atoms with Crippen molar-refractivity contribution in [2.24, 2.45) is 0 Å². The molecule has 0 N–H and O–H groups in total. The van der Waals surface area contributed by atoms with Gasteiger partial charge in [-0.3, -0.25) is 0 Å². The van der Waals surface area contributed by atoms with Crippen LogP contribution in [0, 0.1) is 5.82 Å². The van der Waals surface area contributed by atoms with Gasteiger partial charge >= 0.3 is 285 Å². The summed E-state index contributed by atoms with van der Waals surface area (Å²) in [6, 6.07) is 75.1. The van der Waals surface area contributed by atoms with Gasteiger partial charge in [0.05, 0.1) is 0 Å². The zero-order valence-corrected chi connectivity index (χ0v) is 30.6. The van der Waals surface area contributed by atoms with Gasteiger partial charge in [-0.15, -0.1) is 0 Å². The summed E-state index contributed by atoms with van der Waals surface area (Å²) in [4.78, 5) is 2.34. The van der Waals surface area contributed by atoms with Crippen LogP contribution in [0.25, 0.3) is 27.5 Å². The van der Waals surface area contributed by atoms with Gasteiger partial charge in [0.25, 0.3) is 0 Å². The monoisotopic (exact) mass is 732 g/mol. The Morgan fingerprint density at radius 2 is 0.808 bits per heavy atom. The van der Waals surface area contributed by atoms with E-state index >= 15 is 0 Å². The summed E-state index contributed by atoms with van der Waals surface area (Å²) in [7, 11) is 0. The number of hydrogen-bond acceptors (Lipinski definition) is 1. The number of aromatic nitrogens is 1. The fourth-order valence-corrected chi connectivity index (χ4v) is 17.9. The Labute approximate surface area is 306 Å². The minimum atomic E-state index is -3.41. The SMILES string of the molecule is Fc1ccc(-n2c3ccccc3c3cc(N(c4ccccc4)c4cc[c]([Ge]([c]5ccccc5)([c]5ccccc5)[c]5ccccc5)cc4)ccc32)cc1. The van der Waals surface area contributed by atoms with E-state index in [1.54, 1.807) is 0 Å². The molecule has 0 saturated carbocycles. The molecule has 1 heterocycles. The van der Waals surface area contributed by atoms with Crippen LogP contribution >= 0.6 is 0 Å². The van der Waals surface area contributed by atoms with E-state index in [1.165, 1.54) is 29.7 Å². The minimum absolute atomic E-state index is 0.242. The first-order valence-electron chi connectivity index (χ1n) is 17.6. The van der Waals surface area contributed by atoms with E-state index in [4.69, 9.17) is 0 Å². The smallest absolute Gasteiger partial charge is 0.0242 e. The van der Waals surface area contributed by atoms with E-state index in [-0.39, 0.29) is 5.82 Å². The van der Waals surface area contributed by atoms with Gasteiger partial charge in [-0.2, -0.15) is 0 Å². The number of hydrogen-bond donors (Lipinski definition) is 0. The fraction of sp³-hybridized carbons (Fsp3) is 0. The minimum Gasteiger partial charge on any atom is -0.0242 e. The van der Waals surface area contributed by atoms with Crippen LogP contribution in [0.3, 0.4) is 0 Å². The second-order valence-electron chi connectivity index (χ2n) is 13.1. The molecule has 1 aromatic heterocycles. The summed E-state index contributed by atoms with van der Waals surface area (Å²) in [5.41, 5.74) is 6.32.